The molecular weight excluding hydrogens is 184 g/mol. The Morgan fingerprint density at radius 3 is 2.93 bits per heavy atom. The van der Waals surface area contributed by atoms with Gasteiger partial charge in [0.2, 0.25) is 0 Å². The largest absolute Gasteiger partial charge is 0.391 e. The van der Waals surface area contributed by atoms with Crippen LogP contribution in [0.25, 0.3) is 0 Å². The minimum atomic E-state index is -0.528. The van der Waals surface area contributed by atoms with E-state index in [9.17, 15) is 9.90 Å². The third-order valence-electron chi connectivity index (χ3n) is 1.53. The van der Waals surface area contributed by atoms with Gasteiger partial charge in [-0.25, -0.2) is 4.79 Å². The molecule has 1 unspecified atom stereocenters. The first-order valence-electron chi connectivity index (χ1n) is 4.50. The Kier molecular flexibility index (Phi) is 7.87. The molecule has 5 nitrogen and oxygen atoms in total. The number of aliphatic hydroxyl groups excluding tert-OH is 1. The lowest BCUT2D eigenvalue weighted by Crippen LogP contribution is -2.37. The molecule has 0 heterocycles. The average Bonchev–Trinajstić information content (AvgIpc) is 2.15. The predicted molar refractivity (Wildman–Crippen MR) is 54.1 cm³/mol. The van der Waals surface area contributed by atoms with Crippen LogP contribution in [0.2, 0.25) is 0 Å². The van der Waals surface area contributed by atoms with E-state index in [0.29, 0.717) is 19.5 Å². The van der Waals surface area contributed by atoms with Crippen LogP contribution in [0.15, 0.2) is 12.7 Å². The van der Waals surface area contributed by atoms with Gasteiger partial charge >= 0.3 is 6.03 Å². The molecule has 0 aliphatic carbocycles. The number of urea groups is 1. The fourth-order valence-electron chi connectivity index (χ4n) is 0.855. The lowest BCUT2D eigenvalue weighted by molar-refractivity contribution is 0.0599. The van der Waals surface area contributed by atoms with Gasteiger partial charge in [0.15, 0.2) is 0 Å². The van der Waals surface area contributed by atoms with Crippen LogP contribution in [0.3, 0.4) is 0 Å². The molecule has 0 aromatic carbocycles. The fourth-order valence-corrected chi connectivity index (χ4v) is 0.855. The van der Waals surface area contributed by atoms with E-state index in [1.54, 1.807) is 6.08 Å². The van der Waals surface area contributed by atoms with Crippen LogP contribution in [0.4, 0.5) is 4.79 Å². The average molecular weight is 202 g/mol. The van der Waals surface area contributed by atoms with Gasteiger partial charge in [0.25, 0.3) is 0 Å². The van der Waals surface area contributed by atoms with Crippen molar-refractivity contribution in [2.45, 2.75) is 12.5 Å². The molecule has 1 atom stereocenters. The molecule has 0 saturated carbocycles. The number of methoxy groups -OCH3 is 1. The Morgan fingerprint density at radius 1 is 1.64 bits per heavy atom. The quantitative estimate of drug-likeness (QED) is 0.504. The topological polar surface area (TPSA) is 70.6 Å². The van der Waals surface area contributed by atoms with E-state index in [0.717, 1.165) is 0 Å². The first-order chi connectivity index (χ1) is 6.70. The SMILES string of the molecule is C=CCNC(=O)NCCC(O)COC. The fraction of sp³-hybridized carbons (Fsp3) is 0.667. The van der Waals surface area contributed by atoms with Gasteiger partial charge in [-0.2, -0.15) is 0 Å². The van der Waals surface area contributed by atoms with Crippen LogP contribution in [0, 0.1) is 0 Å². The number of carbonyl (C=O) groups is 1. The van der Waals surface area contributed by atoms with Crippen LogP contribution in [-0.2, 0) is 4.74 Å². The van der Waals surface area contributed by atoms with Crippen LogP contribution in [-0.4, -0.2) is 44.0 Å². The molecule has 0 aromatic rings. The summed E-state index contributed by atoms with van der Waals surface area (Å²) in [6.45, 7) is 4.62. The molecule has 0 radical (unpaired) electrons. The van der Waals surface area contributed by atoms with Crippen LogP contribution in [0.1, 0.15) is 6.42 Å². The van der Waals surface area contributed by atoms with Gasteiger partial charge < -0.3 is 20.5 Å². The number of hydrogen-bond donors (Lipinski definition) is 3. The third kappa shape index (κ3) is 7.57. The van der Waals surface area contributed by atoms with Crippen molar-refractivity contribution in [2.24, 2.45) is 0 Å². The maximum Gasteiger partial charge on any atom is 0.315 e. The standard InChI is InChI=1S/C9H18N2O3/c1-3-5-10-9(13)11-6-4-8(12)7-14-2/h3,8,12H,1,4-7H2,2H3,(H2,10,11,13). The Labute approximate surface area is 84.1 Å². The van der Waals surface area contributed by atoms with Gasteiger partial charge in [-0.1, -0.05) is 6.08 Å². The summed E-state index contributed by atoms with van der Waals surface area (Å²) in [7, 11) is 1.52. The smallest absolute Gasteiger partial charge is 0.315 e. The summed E-state index contributed by atoms with van der Waals surface area (Å²) in [6, 6.07) is -0.255. The van der Waals surface area contributed by atoms with Crippen molar-refractivity contribution in [3.8, 4) is 0 Å². The first-order valence-corrected chi connectivity index (χ1v) is 4.50. The monoisotopic (exact) mass is 202 g/mol. The molecule has 3 N–H and O–H groups in total. The molecule has 0 aliphatic rings. The zero-order valence-corrected chi connectivity index (χ0v) is 8.45. The lowest BCUT2D eigenvalue weighted by Gasteiger charge is -2.10. The highest BCUT2D eigenvalue weighted by atomic mass is 16.5. The molecule has 0 fully saturated rings. The van der Waals surface area contributed by atoms with Crippen molar-refractivity contribution in [2.75, 3.05) is 26.8 Å². The van der Waals surface area contributed by atoms with Crippen molar-refractivity contribution in [1.29, 1.82) is 0 Å². The van der Waals surface area contributed by atoms with Crippen LogP contribution < -0.4 is 10.6 Å². The lowest BCUT2D eigenvalue weighted by atomic mass is 10.3. The molecule has 0 aliphatic heterocycles. The van der Waals surface area contributed by atoms with E-state index in [1.807, 2.05) is 0 Å². The first kappa shape index (κ1) is 12.9. The van der Waals surface area contributed by atoms with Gasteiger partial charge in [-0.3, -0.25) is 0 Å². The maximum atomic E-state index is 11.0. The Balaban J connectivity index is 3.34. The van der Waals surface area contributed by atoms with E-state index < -0.39 is 6.10 Å². The van der Waals surface area contributed by atoms with Crippen molar-refractivity contribution >= 4 is 6.03 Å². The van der Waals surface area contributed by atoms with Crippen molar-refractivity contribution < 1.29 is 14.6 Å². The van der Waals surface area contributed by atoms with Gasteiger partial charge in [0, 0.05) is 20.2 Å². The summed E-state index contributed by atoms with van der Waals surface area (Å²) in [5, 5.41) is 14.4. The predicted octanol–water partition coefficient (Wildman–Crippen LogP) is -0.131. The third-order valence-corrected chi connectivity index (χ3v) is 1.53. The number of amides is 2. The number of rotatable bonds is 7. The van der Waals surface area contributed by atoms with E-state index in [2.05, 4.69) is 17.2 Å². The molecule has 14 heavy (non-hydrogen) atoms. The molecule has 0 rings (SSSR count). The second-order valence-corrected chi connectivity index (χ2v) is 2.82. The number of nitrogens with one attached hydrogen (secondary N) is 2. The number of aliphatic hydroxyl groups is 1. The van der Waals surface area contributed by atoms with Crippen molar-refractivity contribution in [1.82, 2.24) is 10.6 Å². The summed E-state index contributed by atoms with van der Waals surface area (Å²) in [5.74, 6) is 0. The van der Waals surface area contributed by atoms with Gasteiger partial charge in [0.05, 0.1) is 12.7 Å². The zero-order chi connectivity index (χ0) is 10.8. The Morgan fingerprint density at radius 2 is 2.36 bits per heavy atom. The molecule has 0 bridgehead atoms. The number of carbonyl (C=O) groups excluding carboxylic acids is 1. The van der Waals surface area contributed by atoms with Gasteiger partial charge in [0.1, 0.15) is 0 Å². The molecule has 0 saturated heterocycles. The highest BCUT2D eigenvalue weighted by Crippen LogP contribution is 1.89. The van der Waals surface area contributed by atoms with E-state index in [1.165, 1.54) is 7.11 Å². The van der Waals surface area contributed by atoms with E-state index in [-0.39, 0.29) is 12.6 Å². The Bertz CT molecular complexity index is 173. The van der Waals surface area contributed by atoms with Gasteiger partial charge in [-0.05, 0) is 6.42 Å². The van der Waals surface area contributed by atoms with Crippen LogP contribution in [0.5, 0.6) is 0 Å². The maximum absolute atomic E-state index is 11.0. The molecule has 82 valence electrons. The highest BCUT2D eigenvalue weighted by molar-refractivity contribution is 5.73. The van der Waals surface area contributed by atoms with Crippen molar-refractivity contribution in [3.63, 3.8) is 0 Å². The number of hydrogen-bond acceptors (Lipinski definition) is 3. The molecule has 2 amide bonds. The second kappa shape index (κ2) is 8.52. The van der Waals surface area contributed by atoms with E-state index in [4.69, 9.17) is 4.74 Å². The summed E-state index contributed by atoms with van der Waals surface area (Å²) in [4.78, 5) is 11.0. The van der Waals surface area contributed by atoms with E-state index >= 15 is 0 Å². The van der Waals surface area contributed by atoms with Crippen LogP contribution >= 0.6 is 0 Å². The molecular formula is C9H18N2O3. The molecule has 0 aromatic heterocycles. The summed E-state index contributed by atoms with van der Waals surface area (Å²) < 4.78 is 4.73. The normalized spacial score (nSPS) is 11.9. The summed E-state index contributed by atoms with van der Waals surface area (Å²) in [6.07, 6.45) is 1.55. The van der Waals surface area contributed by atoms with Gasteiger partial charge in [-0.15, -0.1) is 6.58 Å². The molecule has 5 heteroatoms. The highest BCUT2D eigenvalue weighted by Gasteiger charge is 2.03. The molecule has 0 spiro atoms. The second-order valence-electron chi connectivity index (χ2n) is 2.82. The minimum Gasteiger partial charge on any atom is -0.391 e. The Hall–Kier alpha value is -1.07. The van der Waals surface area contributed by atoms with Crippen molar-refractivity contribution in [3.05, 3.63) is 12.7 Å². The summed E-state index contributed by atoms with van der Waals surface area (Å²) >= 11 is 0. The summed E-state index contributed by atoms with van der Waals surface area (Å²) in [5.41, 5.74) is 0. The minimum absolute atomic E-state index is 0.255. The zero-order valence-electron chi connectivity index (χ0n) is 8.45. The number of ether oxygens (including phenoxy) is 1.